The van der Waals surface area contributed by atoms with E-state index in [9.17, 15) is 14.5 Å². The van der Waals surface area contributed by atoms with Crippen molar-refractivity contribution in [3.8, 4) is 0 Å². The molecule has 0 unspecified atom stereocenters. The Bertz CT molecular complexity index is 650. The number of rotatable bonds is 4. The number of hydrogen-bond donors (Lipinski definition) is 1. The van der Waals surface area contributed by atoms with Crippen molar-refractivity contribution >= 4 is 38.9 Å². The zero-order valence-corrected chi connectivity index (χ0v) is 12.4. The number of nitro groups is 1. The van der Waals surface area contributed by atoms with Gasteiger partial charge in [0.25, 0.3) is 5.69 Å². The maximum absolute atomic E-state index is 13.3. The topological polar surface area (TPSA) is 55.2 Å². The van der Waals surface area contributed by atoms with Gasteiger partial charge in [-0.25, -0.2) is 4.39 Å². The van der Waals surface area contributed by atoms with Crippen LogP contribution in [0.1, 0.15) is 5.56 Å². The van der Waals surface area contributed by atoms with Crippen LogP contribution in [0.25, 0.3) is 0 Å². The fourth-order valence-corrected chi connectivity index (χ4v) is 2.10. The maximum atomic E-state index is 13.3. The summed E-state index contributed by atoms with van der Waals surface area (Å²) in [6.45, 7) is 0.371. The standard InChI is InChI=1S/C13H9BrClFN2O2/c14-10-5-12(13(18(19)20)6-11(10)16)17-7-8-1-3-9(15)4-2-8/h1-6,17H,7H2. The molecule has 0 aliphatic heterocycles. The highest BCUT2D eigenvalue weighted by molar-refractivity contribution is 9.10. The Morgan fingerprint density at radius 1 is 1.30 bits per heavy atom. The molecular weight excluding hydrogens is 351 g/mol. The summed E-state index contributed by atoms with van der Waals surface area (Å²) in [5.74, 6) is -0.672. The van der Waals surface area contributed by atoms with E-state index in [1.807, 2.05) is 0 Å². The highest BCUT2D eigenvalue weighted by Gasteiger charge is 2.17. The molecular formula is C13H9BrClFN2O2. The Kier molecular flexibility index (Phi) is 4.57. The van der Waals surface area contributed by atoms with Crippen molar-refractivity contribution in [1.29, 1.82) is 0 Å². The lowest BCUT2D eigenvalue weighted by Crippen LogP contribution is -2.03. The van der Waals surface area contributed by atoms with E-state index in [2.05, 4.69) is 21.2 Å². The van der Waals surface area contributed by atoms with Gasteiger partial charge in [-0.15, -0.1) is 0 Å². The molecule has 2 rings (SSSR count). The maximum Gasteiger partial charge on any atom is 0.295 e. The quantitative estimate of drug-likeness (QED) is 0.632. The summed E-state index contributed by atoms with van der Waals surface area (Å²) in [6.07, 6.45) is 0. The van der Waals surface area contributed by atoms with E-state index in [4.69, 9.17) is 11.6 Å². The lowest BCUT2D eigenvalue weighted by molar-refractivity contribution is -0.384. The van der Waals surface area contributed by atoms with Gasteiger partial charge >= 0.3 is 0 Å². The first-order valence-electron chi connectivity index (χ1n) is 5.59. The Morgan fingerprint density at radius 3 is 2.55 bits per heavy atom. The average Bonchev–Trinajstić information content (AvgIpc) is 2.41. The lowest BCUT2D eigenvalue weighted by Gasteiger charge is -2.08. The molecule has 20 heavy (non-hydrogen) atoms. The SMILES string of the molecule is O=[N+]([O-])c1cc(F)c(Br)cc1NCc1ccc(Cl)cc1. The molecule has 0 aliphatic rings. The Morgan fingerprint density at radius 2 is 1.95 bits per heavy atom. The summed E-state index contributed by atoms with van der Waals surface area (Å²) in [7, 11) is 0. The van der Waals surface area contributed by atoms with E-state index in [0.29, 0.717) is 11.6 Å². The summed E-state index contributed by atoms with van der Waals surface area (Å²) >= 11 is 8.79. The number of nitro benzene ring substituents is 1. The average molecular weight is 360 g/mol. The van der Waals surface area contributed by atoms with Crippen LogP contribution in [-0.2, 0) is 6.54 Å². The second-order valence-corrected chi connectivity index (χ2v) is 5.31. The van der Waals surface area contributed by atoms with Crippen molar-refractivity contribution in [1.82, 2.24) is 0 Å². The number of anilines is 1. The van der Waals surface area contributed by atoms with Gasteiger partial charge in [-0.1, -0.05) is 23.7 Å². The van der Waals surface area contributed by atoms with Gasteiger partial charge in [0.05, 0.1) is 15.5 Å². The third kappa shape index (κ3) is 3.46. The van der Waals surface area contributed by atoms with E-state index in [0.717, 1.165) is 11.6 Å². The van der Waals surface area contributed by atoms with Crippen molar-refractivity contribution in [3.05, 3.63) is 67.4 Å². The van der Waals surface area contributed by atoms with Crippen LogP contribution >= 0.6 is 27.5 Å². The Hall–Kier alpha value is -1.66. The minimum absolute atomic E-state index is 0.168. The third-order valence-electron chi connectivity index (χ3n) is 2.63. The van der Waals surface area contributed by atoms with E-state index >= 15 is 0 Å². The van der Waals surface area contributed by atoms with E-state index in [1.54, 1.807) is 24.3 Å². The first-order chi connectivity index (χ1) is 9.47. The molecule has 0 fully saturated rings. The van der Waals surface area contributed by atoms with Gasteiger partial charge in [0.2, 0.25) is 0 Å². The van der Waals surface area contributed by atoms with Gasteiger partial charge in [-0.05, 0) is 39.7 Å². The highest BCUT2D eigenvalue weighted by Crippen LogP contribution is 2.30. The molecule has 0 aliphatic carbocycles. The zero-order chi connectivity index (χ0) is 14.7. The van der Waals surface area contributed by atoms with Gasteiger partial charge in [-0.2, -0.15) is 0 Å². The predicted octanol–water partition coefficient (Wildman–Crippen LogP) is 4.76. The molecule has 7 heteroatoms. The molecule has 0 amide bonds. The van der Waals surface area contributed by atoms with Crippen molar-refractivity contribution in [2.75, 3.05) is 5.32 Å². The predicted molar refractivity (Wildman–Crippen MR) is 79.5 cm³/mol. The third-order valence-corrected chi connectivity index (χ3v) is 3.49. The van der Waals surface area contributed by atoms with Gasteiger partial charge in [0, 0.05) is 11.6 Å². The molecule has 0 spiro atoms. The number of benzene rings is 2. The minimum atomic E-state index is -0.672. The van der Waals surface area contributed by atoms with E-state index in [1.165, 1.54) is 6.07 Å². The molecule has 0 aromatic heterocycles. The molecule has 2 aromatic rings. The van der Waals surface area contributed by atoms with Crippen molar-refractivity contribution < 1.29 is 9.31 Å². The molecule has 0 saturated carbocycles. The van der Waals surface area contributed by atoms with Crippen molar-refractivity contribution in [2.24, 2.45) is 0 Å². The van der Waals surface area contributed by atoms with Crippen LogP contribution in [0, 0.1) is 15.9 Å². The molecule has 0 radical (unpaired) electrons. The second-order valence-electron chi connectivity index (χ2n) is 4.02. The van der Waals surface area contributed by atoms with Crippen LogP contribution < -0.4 is 5.32 Å². The lowest BCUT2D eigenvalue weighted by atomic mass is 10.2. The van der Waals surface area contributed by atoms with Crippen LogP contribution in [0.3, 0.4) is 0 Å². The van der Waals surface area contributed by atoms with E-state index in [-0.39, 0.29) is 15.8 Å². The zero-order valence-electron chi connectivity index (χ0n) is 10.1. The van der Waals surface area contributed by atoms with Crippen LogP contribution in [0.2, 0.25) is 5.02 Å². The fraction of sp³-hybridized carbons (Fsp3) is 0.0769. The molecule has 2 aromatic carbocycles. The van der Waals surface area contributed by atoms with Gasteiger partial charge < -0.3 is 5.32 Å². The van der Waals surface area contributed by atoms with Gasteiger partial charge in [0.1, 0.15) is 11.5 Å². The summed E-state index contributed by atoms with van der Waals surface area (Å²) in [5.41, 5.74) is 0.849. The van der Waals surface area contributed by atoms with Crippen LogP contribution in [0.4, 0.5) is 15.8 Å². The number of halogens is 3. The largest absolute Gasteiger partial charge is 0.375 e. The molecule has 1 N–H and O–H groups in total. The van der Waals surface area contributed by atoms with E-state index < -0.39 is 10.7 Å². The van der Waals surface area contributed by atoms with Crippen LogP contribution in [0.5, 0.6) is 0 Å². The summed E-state index contributed by atoms with van der Waals surface area (Å²) in [5, 5.41) is 14.4. The summed E-state index contributed by atoms with van der Waals surface area (Å²) in [4.78, 5) is 10.3. The number of hydrogen-bond acceptors (Lipinski definition) is 3. The molecule has 0 bridgehead atoms. The minimum Gasteiger partial charge on any atom is -0.375 e. The first kappa shape index (κ1) is 14.7. The number of nitrogens with zero attached hydrogens (tertiary/aromatic N) is 1. The van der Waals surface area contributed by atoms with Gasteiger partial charge in [0.15, 0.2) is 0 Å². The van der Waals surface area contributed by atoms with Crippen LogP contribution in [0.15, 0.2) is 40.9 Å². The van der Waals surface area contributed by atoms with Gasteiger partial charge in [-0.3, -0.25) is 10.1 Å². The molecule has 0 saturated heterocycles. The summed E-state index contributed by atoms with van der Waals surface area (Å²) < 4.78 is 13.5. The fourth-order valence-electron chi connectivity index (χ4n) is 1.63. The van der Waals surface area contributed by atoms with Crippen LogP contribution in [-0.4, -0.2) is 4.92 Å². The van der Waals surface area contributed by atoms with Crippen molar-refractivity contribution in [3.63, 3.8) is 0 Å². The highest BCUT2D eigenvalue weighted by atomic mass is 79.9. The molecule has 0 atom stereocenters. The molecule has 0 heterocycles. The second kappa shape index (κ2) is 6.19. The number of nitrogens with one attached hydrogen (secondary N) is 1. The molecule has 104 valence electrons. The Labute approximate surface area is 127 Å². The van der Waals surface area contributed by atoms with Crippen molar-refractivity contribution in [2.45, 2.75) is 6.54 Å². The summed E-state index contributed by atoms with van der Waals surface area (Å²) in [6, 6.07) is 9.30. The smallest absolute Gasteiger partial charge is 0.295 e. The normalized spacial score (nSPS) is 10.3. The monoisotopic (exact) mass is 358 g/mol. The molecule has 4 nitrogen and oxygen atoms in total. The Balaban J connectivity index is 2.22. The first-order valence-corrected chi connectivity index (χ1v) is 6.76.